The molecular formula is C24H26N2O6S2. The Morgan fingerprint density at radius 2 is 1.76 bits per heavy atom. The van der Waals surface area contributed by atoms with Crippen LogP contribution in [0.5, 0.6) is 5.75 Å². The van der Waals surface area contributed by atoms with Crippen molar-refractivity contribution in [1.82, 2.24) is 9.88 Å². The topological polar surface area (TPSA) is 107 Å². The number of nitrogens with zero attached hydrogens (tertiary/aromatic N) is 2. The second kappa shape index (κ2) is 10.1. The van der Waals surface area contributed by atoms with Crippen LogP contribution in [-0.4, -0.2) is 54.4 Å². The van der Waals surface area contributed by atoms with Gasteiger partial charge in [0.2, 0.25) is 31.8 Å². The first-order valence-electron chi connectivity index (χ1n) is 10.9. The van der Waals surface area contributed by atoms with Crippen molar-refractivity contribution in [3.05, 3.63) is 54.6 Å². The molecule has 0 radical (unpaired) electrons. The molecular weight excluding hydrogens is 476 g/mol. The summed E-state index contributed by atoms with van der Waals surface area (Å²) in [6.07, 6.45) is 1.77. The van der Waals surface area contributed by atoms with E-state index in [9.17, 15) is 17.4 Å². The van der Waals surface area contributed by atoms with Gasteiger partial charge in [0.1, 0.15) is 22.3 Å². The molecule has 1 amide bonds. The second-order valence-electron chi connectivity index (χ2n) is 8.21. The van der Waals surface area contributed by atoms with E-state index in [1.807, 2.05) is 0 Å². The number of ether oxygens (including phenoxy) is 1. The first kappa shape index (κ1) is 24.2. The van der Waals surface area contributed by atoms with Gasteiger partial charge in [-0.25, -0.2) is 8.42 Å². The largest absolute Gasteiger partial charge is 0.497 e. The van der Waals surface area contributed by atoms with Crippen molar-refractivity contribution in [2.45, 2.75) is 34.8 Å². The maximum absolute atomic E-state index is 13.4. The van der Waals surface area contributed by atoms with Crippen LogP contribution < -0.4 is 4.74 Å². The zero-order valence-corrected chi connectivity index (χ0v) is 20.6. The number of sulfone groups is 1. The van der Waals surface area contributed by atoms with Crippen LogP contribution in [0.3, 0.4) is 0 Å². The highest BCUT2D eigenvalue weighted by molar-refractivity contribution is 7.92. The van der Waals surface area contributed by atoms with E-state index in [0.29, 0.717) is 30.3 Å². The summed E-state index contributed by atoms with van der Waals surface area (Å²) in [5.41, 5.74) is 0.491. The zero-order chi connectivity index (χ0) is 24.3. The zero-order valence-electron chi connectivity index (χ0n) is 19.0. The molecule has 0 saturated carbocycles. The normalized spacial score (nSPS) is 15.8. The van der Waals surface area contributed by atoms with Crippen LogP contribution in [0.4, 0.5) is 0 Å². The molecule has 1 aliphatic rings. The SMILES string of the molecule is COc1ccc(-c2nc(S(=O)(=O)c3ccccc3)c([S@](=O)CC(=O)N3CCC(C)CC3)o2)cc1. The van der Waals surface area contributed by atoms with Crippen molar-refractivity contribution in [2.24, 2.45) is 5.92 Å². The van der Waals surface area contributed by atoms with Crippen LogP contribution in [0, 0.1) is 5.92 Å². The molecule has 2 heterocycles. The number of hydrogen-bond donors (Lipinski definition) is 0. The van der Waals surface area contributed by atoms with E-state index in [-0.39, 0.29) is 27.5 Å². The first-order valence-corrected chi connectivity index (χ1v) is 13.7. The molecule has 0 bridgehead atoms. The fraction of sp³-hybridized carbons (Fsp3) is 0.333. The summed E-state index contributed by atoms with van der Waals surface area (Å²) in [6, 6.07) is 14.4. The van der Waals surface area contributed by atoms with Crippen LogP contribution >= 0.6 is 0 Å². The predicted octanol–water partition coefficient (Wildman–Crippen LogP) is 3.55. The summed E-state index contributed by atoms with van der Waals surface area (Å²) in [7, 11) is -4.64. The Morgan fingerprint density at radius 1 is 1.12 bits per heavy atom. The smallest absolute Gasteiger partial charge is 0.235 e. The number of oxazole rings is 1. The third-order valence-electron chi connectivity index (χ3n) is 5.81. The van der Waals surface area contributed by atoms with Gasteiger partial charge >= 0.3 is 0 Å². The molecule has 1 aliphatic heterocycles. The highest BCUT2D eigenvalue weighted by atomic mass is 32.2. The van der Waals surface area contributed by atoms with Crippen LogP contribution in [0.25, 0.3) is 11.5 Å². The van der Waals surface area contributed by atoms with Gasteiger partial charge in [0.15, 0.2) is 0 Å². The van der Waals surface area contributed by atoms with Gasteiger partial charge in [-0.05, 0) is 55.2 Å². The molecule has 1 saturated heterocycles. The fourth-order valence-electron chi connectivity index (χ4n) is 3.70. The summed E-state index contributed by atoms with van der Waals surface area (Å²) in [5, 5.41) is -0.767. The van der Waals surface area contributed by atoms with E-state index in [0.717, 1.165) is 12.8 Å². The molecule has 0 spiro atoms. The Labute approximate surface area is 201 Å². The fourth-order valence-corrected chi connectivity index (χ4v) is 6.46. The van der Waals surface area contributed by atoms with Gasteiger partial charge in [-0.2, -0.15) is 4.98 Å². The monoisotopic (exact) mass is 502 g/mol. The lowest BCUT2D eigenvalue weighted by Gasteiger charge is -2.30. The van der Waals surface area contributed by atoms with Crippen molar-refractivity contribution in [2.75, 3.05) is 26.0 Å². The lowest BCUT2D eigenvalue weighted by molar-refractivity contribution is -0.129. The van der Waals surface area contributed by atoms with Crippen LogP contribution in [0.15, 0.2) is 74.0 Å². The summed E-state index contributed by atoms with van der Waals surface area (Å²) in [5.74, 6) is 0.481. The standard InChI is InChI=1S/C24H26N2O6S2/c1-17-12-14-26(15-13-17)21(27)16-33(28)24-23(34(29,30)20-6-4-3-5-7-20)25-22(32-24)18-8-10-19(31-2)11-9-18/h3-11,17H,12-16H2,1-2H3/t33-/m1/s1. The minimum absolute atomic E-state index is 0.000226. The van der Waals surface area contributed by atoms with Gasteiger partial charge in [-0.1, -0.05) is 25.1 Å². The van der Waals surface area contributed by atoms with Gasteiger partial charge in [-0.15, -0.1) is 0 Å². The van der Waals surface area contributed by atoms with Crippen LogP contribution in [0.2, 0.25) is 0 Å². The quantitative estimate of drug-likeness (QED) is 0.486. The van der Waals surface area contributed by atoms with Crippen molar-refractivity contribution in [3.63, 3.8) is 0 Å². The highest BCUT2D eigenvalue weighted by Crippen LogP contribution is 2.32. The Kier molecular flexibility index (Phi) is 7.18. The van der Waals surface area contributed by atoms with Crippen LogP contribution in [0.1, 0.15) is 19.8 Å². The summed E-state index contributed by atoms with van der Waals surface area (Å²) < 4.78 is 50.9. The number of rotatable bonds is 7. The predicted molar refractivity (Wildman–Crippen MR) is 127 cm³/mol. The minimum atomic E-state index is -4.13. The number of hydrogen-bond acceptors (Lipinski definition) is 7. The maximum Gasteiger partial charge on any atom is 0.235 e. The molecule has 2 aromatic carbocycles. The average molecular weight is 503 g/mol. The van der Waals surface area contributed by atoms with E-state index in [2.05, 4.69) is 11.9 Å². The number of carbonyl (C=O) groups is 1. The molecule has 1 fully saturated rings. The van der Waals surface area contributed by atoms with E-state index in [1.54, 1.807) is 47.4 Å². The number of benzene rings is 2. The molecule has 34 heavy (non-hydrogen) atoms. The van der Waals surface area contributed by atoms with Gasteiger partial charge in [0.05, 0.1) is 12.0 Å². The van der Waals surface area contributed by atoms with Gasteiger partial charge < -0.3 is 14.1 Å². The third kappa shape index (κ3) is 5.07. The average Bonchev–Trinajstić information content (AvgIpc) is 3.32. The van der Waals surface area contributed by atoms with Crippen molar-refractivity contribution in [3.8, 4) is 17.2 Å². The molecule has 10 heteroatoms. The lowest BCUT2D eigenvalue weighted by Crippen LogP contribution is -2.40. The number of likely N-dealkylation sites (tertiary alicyclic amines) is 1. The number of amides is 1. The van der Waals surface area contributed by atoms with Gasteiger partial charge in [0.25, 0.3) is 0 Å². The summed E-state index contributed by atoms with van der Waals surface area (Å²) in [6.45, 7) is 3.33. The Bertz CT molecular complexity index is 1280. The van der Waals surface area contributed by atoms with Gasteiger partial charge in [-0.3, -0.25) is 9.00 Å². The number of piperidine rings is 1. The maximum atomic E-state index is 13.4. The summed E-state index contributed by atoms with van der Waals surface area (Å²) in [4.78, 5) is 18.7. The minimum Gasteiger partial charge on any atom is -0.497 e. The van der Waals surface area contributed by atoms with Crippen molar-refractivity contribution < 1.29 is 26.6 Å². The first-order chi connectivity index (χ1) is 16.3. The molecule has 3 aromatic rings. The lowest BCUT2D eigenvalue weighted by atomic mass is 9.99. The molecule has 180 valence electrons. The number of carbonyl (C=O) groups excluding carboxylic acids is 1. The Morgan fingerprint density at radius 3 is 2.38 bits per heavy atom. The summed E-state index contributed by atoms with van der Waals surface area (Å²) >= 11 is 0. The van der Waals surface area contributed by atoms with Crippen LogP contribution in [-0.2, 0) is 25.4 Å². The Balaban J connectivity index is 1.70. The van der Waals surface area contributed by atoms with Crippen molar-refractivity contribution >= 4 is 26.5 Å². The van der Waals surface area contributed by atoms with Crippen molar-refractivity contribution in [1.29, 1.82) is 0 Å². The molecule has 0 unspecified atom stereocenters. The molecule has 0 N–H and O–H groups in total. The molecule has 0 aliphatic carbocycles. The molecule has 1 atom stereocenters. The highest BCUT2D eigenvalue weighted by Gasteiger charge is 2.33. The molecule has 4 rings (SSSR count). The number of methoxy groups -OCH3 is 1. The third-order valence-corrected chi connectivity index (χ3v) is 8.82. The second-order valence-corrected chi connectivity index (χ2v) is 11.4. The molecule has 8 nitrogen and oxygen atoms in total. The van der Waals surface area contributed by atoms with E-state index in [1.165, 1.54) is 19.2 Å². The molecule has 1 aromatic heterocycles. The van der Waals surface area contributed by atoms with E-state index < -0.39 is 25.7 Å². The van der Waals surface area contributed by atoms with E-state index in [4.69, 9.17) is 9.15 Å². The van der Waals surface area contributed by atoms with Gasteiger partial charge in [0, 0.05) is 18.7 Å². The van der Waals surface area contributed by atoms with E-state index >= 15 is 0 Å². The number of aromatic nitrogens is 1. The Hall–Kier alpha value is -2.98.